The lowest BCUT2D eigenvalue weighted by molar-refractivity contribution is -0.116. The number of nitrogens with two attached hydrogens (primary N) is 1. The van der Waals surface area contributed by atoms with Crippen LogP contribution in [0.3, 0.4) is 0 Å². The molecule has 7 nitrogen and oxygen atoms in total. The zero-order chi connectivity index (χ0) is 15.4. The van der Waals surface area contributed by atoms with E-state index in [0.717, 1.165) is 0 Å². The van der Waals surface area contributed by atoms with Crippen molar-refractivity contribution in [3.05, 3.63) is 56.3 Å². The van der Waals surface area contributed by atoms with Gasteiger partial charge in [-0.2, -0.15) is 0 Å². The summed E-state index contributed by atoms with van der Waals surface area (Å²) in [4.78, 5) is 36.5. The van der Waals surface area contributed by atoms with Crippen LogP contribution in [0.4, 0.5) is 11.4 Å². The van der Waals surface area contributed by atoms with Gasteiger partial charge in [0.15, 0.2) is 0 Å². The van der Waals surface area contributed by atoms with Crippen molar-refractivity contribution >= 4 is 28.9 Å². The molecule has 0 aliphatic heterocycles. The number of carbonyl (C=O) groups excluding carboxylic acids is 1. The molecule has 21 heavy (non-hydrogen) atoms. The Kier molecular flexibility index (Phi) is 4.44. The van der Waals surface area contributed by atoms with Gasteiger partial charge < -0.3 is 11.1 Å². The van der Waals surface area contributed by atoms with Crippen molar-refractivity contribution in [3.8, 4) is 0 Å². The minimum absolute atomic E-state index is 0.0527. The average molecular weight is 309 g/mol. The molecule has 0 aliphatic rings. The third-order valence-corrected chi connectivity index (χ3v) is 2.99. The maximum atomic E-state index is 11.8. The Balaban J connectivity index is 2.00. The highest BCUT2D eigenvalue weighted by Gasteiger charge is 2.06. The number of aryl methyl sites for hydroxylation is 1. The maximum absolute atomic E-state index is 11.8. The number of carbonyl (C=O) groups is 1. The van der Waals surface area contributed by atoms with Gasteiger partial charge in [-0.05, 0) is 18.2 Å². The predicted molar refractivity (Wildman–Crippen MR) is 80.4 cm³/mol. The zero-order valence-corrected chi connectivity index (χ0v) is 11.7. The summed E-state index contributed by atoms with van der Waals surface area (Å²) in [5, 5.41) is 2.55. The van der Waals surface area contributed by atoms with Crippen LogP contribution in [0.2, 0.25) is 5.02 Å². The third kappa shape index (κ3) is 3.96. The predicted octanol–water partition coefficient (Wildman–Crippen LogP) is 0.801. The van der Waals surface area contributed by atoms with Crippen LogP contribution in [0.15, 0.2) is 40.1 Å². The Labute approximate surface area is 124 Å². The van der Waals surface area contributed by atoms with Crippen LogP contribution >= 0.6 is 11.6 Å². The number of aromatic amines is 1. The van der Waals surface area contributed by atoms with Crippen molar-refractivity contribution in [1.29, 1.82) is 0 Å². The number of H-pyrrole nitrogens is 1. The summed E-state index contributed by atoms with van der Waals surface area (Å²) >= 11 is 5.63. The summed E-state index contributed by atoms with van der Waals surface area (Å²) in [7, 11) is 0. The van der Waals surface area contributed by atoms with Crippen LogP contribution in [0.25, 0.3) is 0 Å². The second-order valence-corrected chi connectivity index (χ2v) is 4.76. The molecule has 8 heteroatoms. The van der Waals surface area contributed by atoms with Crippen LogP contribution in [0.5, 0.6) is 0 Å². The molecule has 0 saturated heterocycles. The molecule has 4 N–H and O–H groups in total. The van der Waals surface area contributed by atoms with Crippen LogP contribution in [0.1, 0.15) is 6.42 Å². The number of aromatic nitrogens is 2. The Morgan fingerprint density at radius 2 is 2.14 bits per heavy atom. The molecule has 1 amide bonds. The van der Waals surface area contributed by atoms with Crippen molar-refractivity contribution in [3.63, 3.8) is 0 Å². The fraction of sp³-hybridized carbons (Fsp3) is 0.154. The first-order chi connectivity index (χ1) is 9.95. The van der Waals surface area contributed by atoms with Crippen molar-refractivity contribution in [2.45, 2.75) is 13.0 Å². The number of hydrogen-bond donors (Lipinski definition) is 3. The molecule has 0 radical (unpaired) electrons. The average Bonchev–Trinajstić information content (AvgIpc) is 2.41. The Morgan fingerprint density at radius 1 is 1.38 bits per heavy atom. The van der Waals surface area contributed by atoms with Crippen molar-refractivity contribution < 1.29 is 4.79 Å². The topological polar surface area (TPSA) is 110 Å². The highest BCUT2D eigenvalue weighted by Crippen LogP contribution is 2.12. The van der Waals surface area contributed by atoms with E-state index < -0.39 is 11.2 Å². The molecule has 2 aromatic rings. The van der Waals surface area contributed by atoms with Gasteiger partial charge in [0.25, 0.3) is 5.56 Å². The molecule has 0 bridgehead atoms. The molecular formula is C13H13ClN4O3. The fourth-order valence-corrected chi connectivity index (χ4v) is 1.88. The van der Waals surface area contributed by atoms with Gasteiger partial charge in [-0.15, -0.1) is 0 Å². The third-order valence-electron chi connectivity index (χ3n) is 2.72. The summed E-state index contributed by atoms with van der Waals surface area (Å²) in [6, 6.07) is 6.76. The number of anilines is 2. The monoisotopic (exact) mass is 308 g/mol. The first kappa shape index (κ1) is 14.9. The van der Waals surface area contributed by atoms with Gasteiger partial charge >= 0.3 is 5.69 Å². The second kappa shape index (κ2) is 6.27. The van der Waals surface area contributed by atoms with Gasteiger partial charge in [0.2, 0.25) is 5.91 Å². The Morgan fingerprint density at radius 3 is 2.86 bits per heavy atom. The van der Waals surface area contributed by atoms with Gasteiger partial charge in [-0.3, -0.25) is 19.1 Å². The number of nitrogen functional groups attached to an aromatic ring is 1. The number of halogens is 1. The van der Waals surface area contributed by atoms with E-state index in [1.165, 1.54) is 10.8 Å². The number of rotatable bonds is 4. The van der Waals surface area contributed by atoms with Crippen molar-refractivity contribution in [2.75, 3.05) is 11.1 Å². The molecule has 0 fully saturated rings. The minimum atomic E-state index is -0.651. The van der Waals surface area contributed by atoms with Gasteiger partial charge in [0.05, 0.1) is 0 Å². The SMILES string of the molecule is Nc1cccc(NC(=O)CCn2cc(Cl)c(=O)[nH]c2=O)c1. The molecule has 0 saturated carbocycles. The molecule has 0 spiro atoms. The largest absolute Gasteiger partial charge is 0.399 e. The zero-order valence-electron chi connectivity index (χ0n) is 10.9. The second-order valence-electron chi connectivity index (χ2n) is 4.35. The first-order valence-electron chi connectivity index (χ1n) is 6.10. The molecule has 0 aliphatic carbocycles. The van der Waals surface area contributed by atoms with E-state index in [2.05, 4.69) is 10.3 Å². The lowest BCUT2D eigenvalue weighted by Gasteiger charge is -2.07. The van der Waals surface area contributed by atoms with Crippen LogP contribution < -0.4 is 22.3 Å². The molecule has 0 unspecified atom stereocenters. The molecule has 1 aromatic heterocycles. The fourth-order valence-electron chi connectivity index (χ4n) is 1.71. The van der Waals surface area contributed by atoms with Gasteiger partial charge in [-0.25, -0.2) is 4.79 Å². The van der Waals surface area contributed by atoms with Crippen LogP contribution in [-0.2, 0) is 11.3 Å². The number of amides is 1. The summed E-state index contributed by atoms with van der Waals surface area (Å²) < 4.78 is 1.17. The normalized spacial score (nSPS) is 10.3. The highest BCUT2D eigenvalue weighted by atomic mass is 35.5. The van der Waals surface area contributed by atoms with E-state index >= 15 is 0 Å². The van der Waals surface area contributed by atoms with E-state index in [4.69, 9.17) is 17.3 Å². The maximum Gasteiger partial charge on any atom is 0.328 e. The van der Waals surface area contributed by atoms with E-state index in [1.54, 1.807) is 24.3 Å². The summed E-state index contributed by atoms with van der Waals surface area (Å²) in [5.74, 6) is -0.283. The van der Waals surface area contributed by atoms with Crippen LogP contribution in [0, 0.1) is 0 Å². The van der Waals surface area contributed by atoms with Crippen molar-refractivity contribution in [2.24, 2.45) is 0 Å². The van der Waals surface area contributed by atoms with E-state index in [9.17, 15) is 14.4 Å². The molecule has 1 heterocycles. The Bertz CT molecular complexity index is 781. The summed E-state index contributed by atoms with van der Waals surface area (Å²) in [6.07, 6.45) is 1.26. The lowest BCUT2D eigenvalue weighted by atomic mass is 10.2. The number of nitrogens with zero attached hydrogens (tertiary/aromatic N) is 1. The van der Waals surface area contributed by atoms with Gasteiger partial charge in [-0.1, -0.05) is 17.7 Å². The highest BCUT2D eigenvalue weighted by molar-refractivity contribution is 6.30. The van der Waals surface area contributed by atoms with Gasteiger partial charge in [0.1, 0.15) is 5.02 Å². The molecule has 110 valence electrons. The van der Waals surface area contributed by atoms with E-state index in [0.29, 0.717) is 11.4 Å². The summed E-state index contributed by atoms with van der Waals surface area (Å²) in [5.41, 5.74) is 5.46. The molecule has 0 atom stereocenters. The smallest absolute Gasteiger partial charge is 0.328 e. The lowest BCUT2D eigenvalue weighted by Crippen LogP contribution is -2.30. The molecule has 1 aromatic carbocycles. The number of benzene rings is 1. The molecular weight excluding hydrogens is 296 g/mol. The number of nitrogens with one attached hydrogen (secondary N) is 2. The minimum Gasteiger partial charge on any atom is -0.399 e. The molecule has 2 rings (SSSR count). The quantitative estimate of drug-likeness (QED) is 0.726. The van der Waals surface area contributed by atoms with E-state index in [-0.39, 0.29) is 23.9 Å². The van der Waals surface area contributed by atoms with Crippen molar-refractivity contribution in [1.82, 2.24) is 9.55 Å². The Hall–Kier alpha value is -2.54. The first-order valence-corrected chi connectivity index (χ1v) is 6.48. The standard InChI is InChI=1S/C13H13ClN4O3/c14-10-7-18(13(21)17-12(10)20)5-4-11(19)16-9-3-1-2-8(15)6-9/h1-3,6-7H,4-5,15H2,(H,16,19)(H,17,20,21). The summed E-state index contributed by atoms with van der Waals surface area (Å²) in [6.45, 7) is 0.101. The van der Waals surface area contributed by atoms with Crippen LogP contribution in [-0.4, -0.2) is 15.5 Å². The van der Waals surface area contributed by atoms with E-state index in [1.807, 2.05) is 0 Å². The number of hydrogen-bond acceptors (Lipinski definition) is 4. The van der Waals surface area contributed by atoms with Gasteiger partial charge in [0, 0.05) is 30.5 Å².